The molecule has 4 aromatic rings. The van der Waals surface area contributed by atoms with Crippen LogP contribution in [0.4, 0.5) is 10.1 Å². The molecule has 1 amide bonds. The average molecular weight is 533 g/mol. The third-order valence-corrected chi connectivity index (χ3v) is 8.04. The van der Waals surface area contributed by atoms with Crippen molar-refractivity contribution in [2.75, 3.05) is 10.8 Å². The number of para-hydroxylation sites is 2. The summed E-state index contributed by atoms with van der Waals surface area (Å²) in [6.07, 6.45) is 1.52. The molecule has 196 valence electrons. The molecule has 0 spiro atoms. The fourth-order valence-electron chi connectivity index (χ4n) is 4.43. The molecule has 0 saturated carbocycles. The lowest BCUT2D eigenvalue weighted by Gasteiger charge is -2.24. The molecule has 1 heterocycles. The van der Waals surface area contributed by atoms with Crippen LogP contribution in [0.1, 0.15) is 28.1 Å². The summed E-state index contributed by atoms with van der Waals surface area (Å²) in [5.41, 5.74) is 8.27. The predicted molar refractivity (Wildman–Crippen MR) is 148 cm³/mol. The summed E-state index contributed by atoms with van der Waals surface area (Å²) in [4.78, 5) is 12.8. The minimum Gasteiger partial charge on any atom is -0.317 e. The molecular weight excluding hydrogens is 503 g/mol. The molecule has 0 fully saturated rings. The summed E-state index contributed by atoms with van der Waals surface area (Å²) in [7, 11) is -4.22. The smallest absolute Gasteiger partial charge is 0.264 e. The Bertz CT molecular complexity index is 1590. The third-order valence-electron chi connectivity index (χ3n) is 6.27. The number of anilines is 1. The maximum absolute atomic E-state index is 14.6. The highest BCUT2D eigenvalue weighted by atomic mass is 32.2. The lowest BCUT2D eigenvalue weighted by atomic mass is 10.1. The molecule has 1 N–H and O–H groups in total. The molecule has 0 radical (unpaired) electrons. The highest BCUT2D eigenvalue weighted by Gasteiger charge is 2.29. The van der Waals surface area contributed by atoms with Gasteiger partial charge in [-0.25, -0.2) is 18.2 Å². The molecule has 0 saturated heterocycles. The lowest BCUT2D eigenvalue weighted by Crippen LogP contribution is -2.40. The topological polar surface area (TPSA) is 83.8 Å². The van der Waals surface area contributed by atoms with Gasteiger partial charge in [0, 0.05) is 17.0 Å². The Hall–Kier alpha value is -4.24. The number of aryl methyl sites for hydroxylation is 3. The summed E-state index contributed by atoms with van der Waals surface area (Å²) in [6.45, 7) is 7.42. The van der Waals surface area contributed by atoms with Gasteiger partial charge in [0.1, 0.15) is 12.4 Å². The normalized spacial score (nSPS) is 11.6. The standard InChI is InChI=1S/C29H29FN4O3S/c1-20-11-10-12-21(2)29(20)34-22(3)17-24(23(34)4)18-31-32-28(35)19-33(27-16-9-8-15-26(27)30)38(36,37)25-13-6-5-7-14-25/h5-18H,19H2,1-4H3,(H,32,35)/b31-18-. The van der Waals surface area contributed by atoms with Crippen molar-refractivity contribution >= 4 is 27.8 Å². The molecule has 3 aromatic carbocycles. The van der Waals surface area contributed by atoms with Crippen molar-refractivity contribution in [3.05, 3.63) is 113 Å². The van der Waals surface area contributed by atoms with Crippen molar-refractivity contribution in [1.29, 1.82) is 0 Å². The zero-order valence-electron chi connectivity index (χ0n) is 21.6. The van der Waals surface area contributed by atoms with Gasteiger partial charge in [-0.15, -0.1) is 0 Å². The van der Waals surface area contributed by atoms with E-state index in [1.165, 1.54) is 36.5 Å². The Labute approximate surface area is 222 Å². The molecule has 0 atom stereocenters. The van der Waals surface area contributed by atoms with Gasteiger partial charge < -0.3 is 4.57 Å². The van der Waals surface area contributed by atoms with Crippen LogP contribution in [0.2, 0.25) is 0 Å². The van der Waals surface area contributed by atoms with E-state index in [2.05, 4.69) is 41.1 Å². The number of carbonyl (C=O) groups is 1. The van der Waals surface area contributed by atoms with E-state index in [0.717, 1.165) is 44.1 Å². The highest BCUT2D eigenvalue weighted by molar-refractivity contribution is 7.92. The van der Waals surface area contributed by atoms with Crippen molar-refractivity contribution in [2.45, 2.75) is 32.6 Å². The minimum absolute atomic E-state index is 0.0570. The Morgan fingerprint density at radius 2 is 1.58 bits per heavy atom. The summed E-state index contributed by atoms with van der Waals surface area (Å²) in [6, 6.07) is 21.1. The second kappa shape index (κ2) is 11.0. The van der Waals surface area contributed by atoms with E-state index in [1.807, 2.05) is 26.0 Å². The van der Waals surface area contributed by atoms with Gasteiger partial charge in [-0.3, -0.25) is 9.10 Å². The van der Waals surface area contributed by atoms with Crippen molar-refractivity contribution in [1.82, 2.24) is 9.99 Å². The van der Waals surface area contributed by atoms with Gasteiger partial charge in [0.15, 0.2) is 0 Å². The van der Waals surface area contributed by atoms with Gasteiger partial charge in [-0.1, -0.05) is 48.5 Å². The number of sulfonamides is 1. The van der Waals surface area contributed by atoms with Crippen LogP contribution in [-0.2, 0) is 14.8 Å². The number of halogens is 1. The Kier molecular flexibility index (Phi) is 7.78. The second-order valence-electron chi connectivity index (χ2n) is 8.97. The molecule has 1 aromatic heterocycles. The van der Waals surface area contributed by atoms with Crippen molar-refractivity contribution < 1.29 is 17.6 Å². The molecule has 38 heavy (non-hydrogen) atoms. The maximum atomic E-state index is 14.6. The number of nitrogens with one attached hydrogen (secondary N) is 1. The molecule has 0 aliphatic carbocycles. The first-order valence-electron chi connectivity index (χ1n) is 12.0. The number of hydrogen-bond donors (Lipinski definition) is 1. The van der Waals surface area contributed by atoms with Crippen molar-refractivity contribution in [3.63, 3.8) is 0 Å². The number of carbonyl (C=O) groups excluding carboxylic acids is 1. The van der Waals surface area contributed by atoms with Crippen molar-refractivity contribution in [3.8, 4) is 5.69 Å². The van der Waals surface area contributed by atoms with Gasteiger partial charge in [0.25, 0.3) is 15.9 Å². The summed E-state index contributed by atoms with van der Waals surface area (Å²) < 4.78 is 44.2. The summed E-state index contributed by atoms with van der Waals surface area (Å²) in [5, 5.41) is 4.07. The number of aromatic nitrogens is 1. The molecule has 9 heteroatoms. The molecule has 7 nitrogen and oxygen atoms in total. The second-order valence-corrected chi connectivity index (χ2v) is 10.8. The van der Waals surface area contributed by atoms with E-state index in [1.54, 1.807) is 18.2 Å². The fraction of sp³-hybridized carbons (Fsp3) is 0.172. The van der Waals surface area contributed by atoms with Crippen LogP contribution < -0.4 is 9.73 Å². The van der Waals surface area contributed by atoms with E-state index in [0.29, 0.717) is 0 Å². The van der Waals surface area contributed by atoms with Gasteiger partial charge in [-0.2, -0.15) is 5.10 Å². The third kappa shape index (κ3) is 5.38. The first-order chi connectivity index (χ1) is 18.1. The van der Waals surface area contributed by atoms with Crippen LogP contribution in [-0.4, -0.2) is 31.7 Å². The number of nitrogens with zero attached hydrogens (tertiary/aromatic N) is 3. The molecule has 0 bridgehead atoms. The highest BCUT2D eigenvalue weighted by Crippen LogP contribution is 2.27. The first-order valence-corrected chi connectivity index (χ1v) is 13.4. The Balaban J connectivity index is 1.58. The van der Waals surface area contributed by atoms with Gasteiger partial charge in [0.2, 0.25) is 0 Å². The summed E-state index contributed by atoms with van der Waals surface area (Å²) >= 11 is 0. The van der Waals surface area contributed by atoms with E-state index in [-0.39, 0.29) is 10.6 Å². The first kappa shape index (κ1) is 26.8. The van der Waals surface area contributed by atoms with E-state index >= 15 is 0 Å². The number of benzene rings is 3. The van der Waals surface area contributed by atoms with E-state index in [4.69, 9.17) is 0 Å². The summed E-state index contributed by atoms with van der Waals surface area (Å²) in [5.74, 6) is -1.48. The number of hydrazone groups is 1. The molecule has 0 unspecified atom stereocenters. The average Bonchev–Trinajstić information content (AvgIpc) is 3.16. The van der Waals surface area contributed by atoms with Crippen LogP contribution in [0.5, 0.6) is 0 Å². The Morgan fingerprint density at radius 3 is 2.24 bits per heavy atom. The van der Waals surface area contributed by atoms with E-state index in [9.17, 15) is 17.6 Å². The van der Waals surface area contributed by atoms with Crippen LogP contribution in [0, 0.1) is 33.5 Å². The van der Waals surface area contributed by atoms with Crippen LogP contribution in [0.25, 0.3) is 5.69 Å². The zero-order valence-corrected chi connectivity index (χ0v) is 22.5. The van der Waals surface area contributed by atoms with Gasteiger partial charge in [0.05, 0.1) is 22.5 Å². The number of amides is 1. The van der Waals surface area contributed by atoms with Crippen LogP contribution >= 0.6 is 0 Å². The predicted octanol–water partition coefficient (Wildman–Crippen LogP) is 5.20. The van der Waals surface area contributed by atoms with Crippen molar-refractivity contribution in [2.24, 2.45) is 5.10 Å². The largest absolute Gasteiger partial charge is 0.317 e. The Morgan fingerprint density at radius 1 is 0.947 bits per heavy atom. The maximum Gasteiger partial charge on any atom is 0.264 e. The van der Waals surface area contributed by atoms with Gasteiger partial charge in [-0.05, 0) is 69.2 Å². The lowest BCUT2D eigenvalue weighted by molar-refractivity contribution is -0.119. The number of rotatable bonds is 8. The monoisotopic (exact) mass is 532 g/mol. The van der Waals surface area contributed by atoms with Crippen LogP contribution in [0.15, 0.2) is 88.9 Å². The number of hydrogen-bond acceptors (Lipinski definition) is 4. The SMILES string of the molecule is Cc1cccc(C)c1-n1c(C)cc(/C=N\NC(=O)CN(c2ccccc2F)S(=O)(=O)c2ccccc2)c1C. The molecular formula is C29H29FN4O3S. The van der Waals surface area contributed by atoms with E-state index < -0.39 is 28.3 Å². The van der Waals surface area contributed by atoms with Crippen LogP contribution in [0.3, 0.4) is 0 Å². The minimum atomic E-state index is -4.22. The molecule has 0 aliphatic rings. The molecule has 4 rings (SSSR count). The molecule has 0 aliphatic heterocycles. The fourth-order valence-corrected chi connectivity index (χ4v) is 5.88. The zero-order chi connectivity index (χ0) is 27.4. The quantitative estimate of drug-likeness (QED) is 0.250. The van der Waals surface area contributed by atoms with Gasteiger partial charge >= 0.3 is 0 Å².